The van der Waals surface area contributed by atoms with E-state index in [2.05, 4.69) is 43.7 Å². The van der Waals surface area contributed by atoms with Crippen molar-refractivity contribution in [1.82, 2.24) is 5.43 Å². The standard InChI is InChI=1S/C12H20N2S/c1-9-4-5-10(2)11(6-9)7-12(14-13)8-15-3/h4-6,12,14H,7-8,13H2,1-3H3. The second kappa shape index (κ2) is 6.16. The summed E-state index contributed by atoms with van der Waals surface area (Å²) in [4.78, 5) is 0. The van der Waals surface area contributed by atoms with Crippen LogP contribution in [0.15, 0.2) is 18.2 Å². The summed E-state index contributed by atoms with van der Waals surface area (Å²) in [6, 6.07) is 6.94. The van der Waals surface area contributed by atoms with Crippen LogP contribution >= 0.6 is 11.8 Å². The quantitative estimate of drug-likeness (QED) is 0.594. The minimum atomic E-state index is 0.362. The van der Waals surface area contributed by atoms with Gasteiger partial charge in [-0.1, -0.05) is 23.8 Å². The Bertz CT molecular complexity index is 312. The van der Waals surface area contributed by atoms with Crippen LogP contribution in [-0.4, -0.2) is 18.1 Å². The zero-order valence-electron chi connectivity index (χ0n) is 9.71. The molecule has 1 rings (SSSR count). The lowest BCUT2D eigenvalue weighted by Gasteiger charge is -2.16. The summed E-state index contributed by atoms with van der Waals surface area (Å²) in [6.45, 7) is 4.28. The molecule has 0 radical (unpaired) electrons. The number of benzene rings is 1. The number of hydrazine groups is 1. The lowest BCUT2D eigenvalue weighted by Crippen LogP contribution is -2.38. The first kappa shape index (κ1) is 12.6. The summed E-state index contributed by atoms with van der Waals surface area (Å²) in [5.74, 6) is 6.58. The van der Waals surface area contributed by atoms with Crippen molar-refractivity contribution in [2.24, 2.45) is 5.84 Å². The summed E-state index contributed by atoms with van der Waals surface area (Å²) < 4.78 is 0. The van der Waals surface area contributed by atoms with Crippen molar-refractivity contribution in [3.05, 3.63) is 34.9 Å². The zero-order chi connectivity index (χ0) is 11.3. The van der Waals surface area contributed by atoms with E-state index in [-0.39, 0.29) is 0 Å². The molecule has 1 aromatic carbocycles. The van der Waals surface area contributed by atoms with Crippen LogP contribution in [0.25, 0.3) is 0 Å². The molecule has 3 N–H and O–H groups in total. The highest BCUT2D eigenvalue weighted by atomic mass is 32.2. The number of nitrogens with two attached hydrogens (primary N) is 1. The first-order valence-corrected chi connectivity index (χ1v) is 6.58. The molecule has 0 aliphatic rings. The van der Waals surface area contributed by atoms with Gasteiger partial charge in [0.15, 0.2) is 0 Å². The van der Waals surface area contributed by atoms with Gasteiger partial charge in [-0.3, -0.25) is 11.3 Å². The summed E-state index contributed by atoms with van der Waals surface area (Å²) in [5.41, 5.74) is 6.94. The van der Waals surface area contributed by atoms with Crippen molar-refractivity contribution in [3.63, 3.8) is 0 Å². The zero-order valence-corrected chi connectivity index (χ0v) is 10.5. The average molecular weight is 224 g/mol. The molecule has 0 bridgehead atoms. The number of aryl methyl sites for hydroxylation is 2. The molecule has 0 spiro atoms. The predicted molar refractivity (Wildman–Crippen MR) is 69.1 cm³/mol. The summed E-state index contributed by atoms with van der Waals surface area (Å²) >= 11 is 1.82. The molecular weight excluding hydrogens is 204 g/mol. The van der Waals surface area contributed by atoms with E-state index in [9.17, 15) is 0 Å². The van der Waals surface area contributed by atoms with Crippen molar-refractivity contribution in [2.45, 2.75) is 26.3 Å². The van der Waals surface area contributed by atoms with Gasteiger partial charge in [0.2, 0.25) is 0 Å². The first-order valence-electron chi connectivity index (χ1n) is 5.18. The third kappa shape index (κ3) is 3.86. The molecule has 15 heavy (non-hydrogen) atoms. The molecule has 0 aliphatic carbocycles. The number of nitrogens with one attached hydrogen (secondary N) is 1. The van der Waals surface area contributed by atoms with E-state index in [1.807, 2.05) is 11.8 Å². The molecule has 0 amide bonds. The first-order chi connectivity index (χ1) is 7.17. The Morgan fingerprint density at radius 1 is 1.40 bits per heavy atom. The molecule has 1 aromatic rings. The van der Waals surface area contributed by atoms with Crippen LogP contribution < -0.4 is 11.3 Å². The number of hydrogen-bond donors (Lipinski definition) is 2. The second-order valence-corrected chi connectivity index (χ2v) is 4.86. The van der Waals surface area contributed by atoms with Gasteiger partial charge in [-0.25, -0.2) is 0 Å². The smallest absolute Gasteiger partial charge is 0.0341 e. The monoisotopic (exact) mass is 224 g/mol. The van der Waals surface area contributed by atoms with Crippen molar-refractivity contribution in [2.75, 3.05) is 12.0 Å². The number of rotatable bonds is 5. The Labute approximate surface area is 96.6 Å². The van der Waals surface area contributed by atoms with Gasteiger partial charge in [-0.2, -0.15) is 11.8 Å². The van der Waals surface area contributed by atoms with Crippen LogP contribution in [-0.2, 0) is 6.42 Å². The van der Waals surface area contributed by atoms with Crippen LogP contribution in [0.1, 0.15) is 16.7 Å². The largest absolute Gasteiger partial charge is 0.271 e. The van der Waals surface area contributed by atoms with Gasteiger partial charge >= 0.3 is 0 Å². The highest BCUT2D eigenvalue weighted by molar-refractivity contribution is 7.98. The van der Waals surface area contributed by atoms with Gasteiger partial charge in [0.05, 0.1) is 0 Å². The second-order valence-electron chi connectivity index (χ2n) is 3.95. The van der Waals surface area contributed by atoms with Gasteiger partial charge in [0, 0.05) is 11.8 Å². The van der Waals surface area contributed by atoms with Gasteiger partial charge in [0.1, 0.15) is 0 Å². The summed E-state index contributed by atoms with van der Waals surface area (Å²) in [5, 5.41) is 0. The van der Waals surface area contributed by atoms with E-state index in [0.717, 1.165) is 12.2 Å². The van der Waals surface area contributed by atoms with Crippen molar-refractivity contribution < 1.29 is 0 Å². The number of thioether (sulfide) groups is 1. The third-order valence-corrected chi connectivity index (χ3v) is 3.31. The topological polar surface area (TPSA) is 38.0 Å². The molecule has 84 valence electrons. The van der Waals surface area contributed by atoms with E-state index in [0.29, 0.717) is 6.04 Å². The van der Waals surface area contributed by atoms with Gasteiger partial charge in [0.25, 0.3) is 0 Å². The average Bonchev–Trinajstić information content (AvgIpc) is 2.22. The molecule has 1 atom stereocenters. The van der Waals surface area contributed by atoms with Crippen LogP contribution in [0.3, 0.4) is 0 Å². The Kier molecular flexibility index (Phi) is 5.15. The van der Waals surface area contributed by atoms with Gasteiger partial charge in [-0.15, -0.1) is 0 Å². The van der Waals surface area contributed by atoms with Crippen molar-refractivity contribution >= 4 is 11.8 Å². The van der Waals surface area contributed by atoms with Crippen molar-refractivity contribution in [1.29, 1.82) is 0 Å². The number of hydrogen-bond acceptors (Lipinski definition) is 3. The SMILES string of the molecule is CSCC(Cc1cc(C)ccc1C)NN. The van der Waals surface area contributed by atoms with E-state index in [1.54, 1.807) is 0 Å². The maximum Gasteiger partial charge on any atom is 0.0341 e. The molecule has 0 aromatic heterocycles. The minimum Gasteiger partial charge on any atom is -0.271 e. The molecule has 0 fully saturated rings. The Morgan fingerprint density at radius 2 is 2.13 bits per heavy atom. The highest BCUT2D eigenvalue weighted by Crippen LogP contribution is 2.14. The third-order valence-electron chi connectivity index (χ3n) is 2.57. The summed E-state index contributed by atoms with van der Waals surface area (Å²) in [6.07, 6.45) is 3.11. The minimum absolute atomic E-state index is 0.362. The lowest BCUT2D eigenvalue weighted by molar-refractivity contribution is 0.574. The molecule has 1 unspecified atom stereocenters. The van der Waals surface area contributed by atoms with Crippen LogP contribution in [0, 0.1) is 13.8 Å². The molecule has 0 heterocycles. The predicted octanol–water partition coefficient (Wildman–Crippen LogP) is 2.04. The normalized spacial score (nSPS) is 12.8. The van der Waals surface area contributed by atoms with Crippen LogP contribution in [0.5, 0.6) is 0 Å². The fraction of sp³-hybridized carbons (Fsp3) is 0.500. The van der Waals surface area contributed by atoms with Crippen LogP contribution in [0.4, 0.5) is 0 Å². The lowest BCUT2D eigenvalue weighted by atomic mass is 10.00. The molecule has 0 saturated heterocycles. The van der Waals surface area contributed by atoms with Gasteiger partial charge in [-0.05, 0) is 37.7 Å². The van der Waals surface area contributed by atoms with E-state index in [1.165, 1.54) is 16.7 Å². The molecule has 2 nitrogen and oxygen atoms in total. The molecule has 3 heteroatoms. The fourth-order valence-electron chi connectivity index (χ4n) is 1.65. The maximum atomic E-state index is 5.53. The summed E-state index contributed by atoms with van der Waals surface area (Å²) in [7, 11) is 0. The maximum absolute atomic E-state index is 5.53. The molecular formula is C12H20N2S. The fourth-order valence-corrected chi connectivity index (χ4v) is 2.27. The van der Waals surface area contributed by atoms with Crippen LogP contribution in [0.2, 0.25) is 0 Å². The highest BCUT2D eigenvalue weighted by Gasteiger charge is 2.08. The van der Waals surface area contributed by atoms with Gasteiger partial charge < -0.3 is 0 Å². The van der Waals surface area contributed by atoms with E-state index in [4.69, 9.17) is 5.84 Å². The Morgan fingerprint density at radius 3 is 2.73 bits per heavy atom. The van der Waals surface area contributed by atoms with Crippen molar-refractivity contribution in [3.8, 4) is 0 Å². The van der Waals surface area contributed by atoms with E-state index >= 15 is 0 Å². The molecule has 0 saturated carbocycles. The van der Waals surface area contributed by atoms with E-state index < -0.39 is 0 Å². The Hall–Kier alpha value is -0.510. The molecule has 0 aliphatic heterocycles. The Balaban J connectivity index is 2.73.